The van der Waals surface area contributed by atoms with Gasteiger partial charge in [0.15, 0.2) is 0 Å². The molecule has 150 valence electrons. The first-order valence-electron chi connectivity index (χ1n) is 9.32. The molecule has 3 aromatic rings. The first-order chi connectivity index (χ1) is 14.0. The average molecular weight is 431 g/mol. The zero-order valence-electron chi connectivity index (χ0n) is 15.5. The highest BCUT2D eigenvalue weighted by Crippen LogP contribution is 2.32. The van der Waals surface area contributed by atoms with E-state index in [1.165, 1.54) is 0 Å². The van der Waals surface area contributed by atoms with E-state index in [9.17, 15) is 9.90 Å². The van der Waals surface area contributed by atoms with Gasteiger partial charge in [-0.1, -0.05) is 35.3 Å². The summed E-state index contributed by atoms with van der Waals surface area (Å²) in [7, 11) is 0. The molecule has 1 aromatic heterocycles. The van der Waals surface area contributed by atoms with Crippen LogP contribution in [0, 0.1) is 0 Å². The van der Waals surface area contributed by atoms with Crippen LogP contribution in [0.3, 0.4) is 0 Å². The van der Waals surface area contributed by atoms with E-state index in [-0.39, 0.29) is 18.6 Å². The van der Waals surface area contributed by atoms with Crippen LogP contribution in [0.1, 0.15) is 6.42 Å². The number of nitrogens with one attached hydrogen (secondary N) is 2. The summed E-state index contributed by atoms with van der Waals surface area (Å²) in [5.74, 6) is 0.556. The van der Waals surface area contributed by atoms with Crippen molar-refractivity contribution >= 4 is 57.2 Å². The maximum Gasteiger partial charge on any atom is 0.243 e. The van der Waals surface area contributed by atoms with E-state index in [1.807, 2.05) is 35.2 Å². The Labute approximate surface area is 178 Å². The summed E-state index contributed by atoms with van der Waals surface area (Å²) in [6, 6.07) is 14.6. The van der Waals surface area contributed by atoms with Gasteiger partial charge in [0.25, 0.3) is 0 Å². The Hall–Kier alpha value is -2.54. The van der Waals surface area contributed by atoms with Crippen LogP contribution < -0.4 is 15.5 Å². The van der Waals surface area contributed by atoms with E-state index in [0.29, 0.717) is 28.0 Å². The SMILES string of the molecule is O=C(CNc1ccccc1Cl)Nc1c(Cl)ccc2nc(N3CC[C@@H](O)C3)ccc12. The molecule has 1 saturated heterocycles. The van der Waals surface area contributed by atoms with Crippen molar-refractivity contribution in [3.8, 4) is 0 Å². The Morgan fingerprint density at radius 2 is 1.97 bits per heavy atom. The van der Waals surface area contributed by atoms with Gasteiger partial charge < -0.3 is 20.6 Å². The van der Waals surface area contributed by atoms with Crippen LogP contribution in [-0.4, -0.2) is 41.7 Å². The number of nitrogens with zero attached hydrogens (tertiary/aromatic N) is 2. The Morgan fingerprint density at radius 3 is 2.72 bits per heavy atom. The van der Waals surface area contributed by atoms with Crippen LogP contribution >= 0.6 is 23.2 Å². The second-order valence-corrected chi connectivity index (χ2v) is 7.74. The van der Waals surface area contributed by atoms with Crippen molar-refractivity contribution in [2.45, 2.75) is 12.5 Å². The van der Waals surface area contributed by atoms with Gasteiger partial charge in [-0.25, -0.2) is 4.98 Å². The molecule has 3 N–H and O–H groups in total. The van der Waals surface area contributed by atoms with Crippen LogP contribution in [-0.2, 0) is 4.79 Å². The van der Waals surface area contributed by atoms with Crippen molar-refractivity contribution in [1.82, 2.24) is 4.98 Å². The van der Waals surface area contributed by atoms with Crippen LogP contribution in [0.5, 0.6) is 0 Å². The monoisotopic (exact) mass is 430 g/mol. The highest BCUT2D eigenvalue weighted by molar-refractivity contribution is 6.35. The molecule has 0 aliphatic carbocycles. The molecule has 1 aliphatic heterocycles. The predicted octanol–water partition coefficient (Wildman–Crippen LogP) is 4.16. The number of amides is 1. The Kier molecular flexibility index (Phi) is 5.76. The van der Waals surface area contributed by atoms with Crippen LogP contribution in [0.4, 0.5) is 17.2 Å². The molecule has 0 spiro atoms. The molecule has 0 unspecified atom stereocenters. The summed E-state index contributed by atoms with van der Waals surface area (Å²) in [6.45, 7) is 1.39. The summed E-state index contributed by atoms with van der Waals surface area (Å²) in [5.41, 5.74) is 1.94. The van der Waals surface area contributed by atoms with Gasteiger partial charge in [0, 0.05) is 18.5 Å². The minimum absolute atomic E-state index is 0.0492. The summed E-state index contributed by atoms with van der Waals surface area (Å²) in [5, 5.41) is 17.4. The Balaban J connectivity index is 1.52. The number of fused-ring (bicyclic) bond motifs is 1. The van der Waals surface area contributed by atoms with Gasteiger partial charge >= 0.3 is 0 Å². The number of β-amino-alcohol motifs (C(OH)–C–C–N with tert-alkyl or cyclic N) is 1. The Morgan fingerprint density at radius 1 is 1.14 bits per heavy atom. The summed E-state index contributed by atoms with van der Waals surface area (Å²) in [4.78, 5) is 19.2. The van der Waals surface area contributed by atoms with Crippen LogP contribution in [0.25, 0.3) is 10.9 Å². The lowest BCUT2D eigenvalue weighted by molar-refractivity contribution is -0.114. The standard InChI is InChI=1S/C21H20Cl2N4O2/c22-15-3-1-2-4-18(15)24-11-20(29)26-21-14-5-8-19(27-10-9-13(28)12-27)25-17(14)7-6-16(21)23/h1-8,13,24,28H,9-12H2,(H,26,29)/t13-/m1/s1. The number of benzene rings is 2. The Bertz CT molecular complexity index is 1060. The van der Waals surface area contributed by atoms with E-state index < -0.39 is 0 Å². The number of aliphatic hydroxyl groups is 1. The molecular weight excluding hydrogens is 411 g/mol. The molecule has 1 atom stereocenters. The molecule has 2 heterocycles. The third kappa shape index (κ3) is 4.40. The van der Waals surface area contributed by atoms with Gasteiger partial charge in [-0.15, -0.1) is 0 Å². The van der Waals surface area contributed by atoms with Crippen molar-refractivity contribution in [2.24, 2.45) is 0 Å². The lowest BCUT2D eigenvalue weighted by Gasteiger charge is -2.18. The molecule has 2 aromatic carbocycles. The maximum atomic E-state index is 12.5. The van der Waals surface area contributed by atoms with Crippen molar-refractivity contribution in [2.75, 3.05) is 35.2 Å². The summed E-state index contributed by atoms with van der Waals surface area (Å²) in [6.07, 6.45) is 0.415. The molecule has 0 saturated carbocycles. The van der Waals surface area contributed by atoms with E-state index in [4.69, 9.17) is 23.2 Å². The minimum Gasteiger partial charge on any atom is -0.391 e. The van der Waals surface area contributed by atoms with Crippen LogP contribution in [0.15, 0.2) is 48.5 Å². The number of rotatable bonds is 5. The summed E-state index contributed by atoms with van der Waals surface area (Å²) < 4.78 is 0. The second-order valence-electron chi connectivity index (χ2n) is 6.93. The number of carbonyl (C=O) groups is 1. The van der Waals surface area contributed by atoms with Gasteiger partial charge in [0.1, 0.15) is 5.82 Å². The van der Waals surface area contributed by atoms with E-state index in [0.717, 1.165) is 29.7 Å². The highest BCUT2D eigenvalue weighted by atomic mass is 35.5. The number of carbonyl (C=O) groups excluding carboxylic acids is 1. The fraction of sp³-hybridized carbons (Fsp3) is 0.238. The normalized spacial score (nSPS) is 16.2. The molecule has 8 heteroatoms. The predicted molar refractivity (Wildman–Crippen MR) is 118 cm³/mol. The molecular formula is C21H20Cl2N4O2. The van der Waals surface area contributed by atoms with Crippen molar-refractivity contribution in [3.63, 3.8) is 0 Å². The van der Waals surface area contributed by atoms with Crippen molar-refractivity contribution < 1.29 is 9.90 Å². The number of hydrogen-bond acceptors (Lipinski definition) is 5. The number of aliphatic hydroxyl groups excluding tert-OH is 1. The molecule has 6 nitrogen and oxygen atoms in total. The van der Waals surface area contributed by atoms with Crippen LogP contribution in [0.2, 0.25) is 10.0 Å². The van der Waals surface area contributed by atoms with Gasteiger partial charge in [-0.05, 0) is 42.8 Å². The average Bonchev–Trinajstić information content (AvgIpc) is 3.15. The first kappa shape index (κ1) is 19.8. The lowest BCUT2D eigenvalue weighted by atomic mass is 10.1. The fourth-order valence-electron chi connectivity index (χ4n) is 3.38. The van der Waals surface area contributed by atoms with Gasteiger partial charge in [0.2, 0.25) is 5.91 Å². The molecule has 0 radical (unpaired) electrons. The molecule has 29 heavy (non-hydrogen) atoms. The smallest absolute Gasteiger partial charge is 0.243 e. The van der Waals surface area contributed by atoms with Gasteiger partial charge in [0.05, 0.1) is 39.6 Å². The van der Waals surface area contributed by atoms with Crippen molar-refractivity contribution in [1.29, 1.82) is 0 Å². The van der Waals surface area contributed by atoms with E-state index >= 15 is 0 Å². The maximum absolute atomic E-state index is 12.5. The summed E-state index contributed by atoms with van der Waals surface area (Å²) >= 11 is 12.5. The van der Waals surface area contributed by atoms with Crippen molar-refractivity contribution in [3.05, 3.63) is 58.6 Å². The number of para-hydroxylation sites is 1. The molecule has 4 rings (SSSR count). The largest absolute Gasteiger partial charge is 0.391 e. The van der Waals surface area contributed by atoms with Gasteiger partial charge in [-0.2, -0.15) is 0 Å². The highest BCUT2D eigenvalue weighted by Gasteiger charge is 2.22. The number of pyridine rings is 1. The van der Waals surface area contributed by atoms with Gasteiger partial charge in [-0.3, -0.25) is 4.79 Å². The molecule has 1 aliphatic rings. The third-order valence-corrected chi connectivity index (χ3v) is 5.52. The topological polar surface area (TPSA) is 77.5 Å². The fourth-order valence-corrected chi connectivity index (χ4v) is 3.80. The molecule has 0 bridgehead atoms. The number of anilines is 3. The third-order valence-electron chi connectivity index (χ3n) is 4.87. The first-order valence-corrected chi connectivity index (χ1v) is 10.1. The molecule has 1 amide bonds. The number of hydrogen-bond donors (Lipinski definition) is 3. The van der Waals surface area contributed by atoms with E-state index in [2.05, 4.69) is 15.6 Å². The number of halogens is 2. The minimum atomic E-state index is -0.321. The lowest BCUT2D eigenvalue weighted by Crippen LogP contribution is -2.23. The van der Waals surface area contributed by atoms with E-state index in [1.54, 1.807) is 18.2 Å². The second kappa shape index (κ2) is 8.45. The number of aromatic nitrogens is 1. The molecule has 1 fully saturated rings. The quantitative estimate of drug-likeness (QED) is 0.566. The zero-order valence-corrected chi connectivity index (χ0v) is 17.0. The zero-order chi connectivity index (χ0) is 20.4.